The highest BCUT2D eigenvalue weighted by Crippen LogP contribution is 2.34. The smallest absolute Gasteiger partial charge is 0.301 e. The number of aromatic nitrogens is 4. The van der Waals surface area contributed by atoms with Gasteiger partial charge in [0.1, 0.15) is 24.9 Å². The molecule has 1 saturated heterocycles. The summed E-state index contributed by atoms with van der Waals surface area (Å²) in [6, 6.07) is -0.0664. The van der Waals surface area contributed by atoms with Gasteiger partial charge >= 0.3 is 6.01 Å². The van der Waals surface area contributed by atoms with Gasteiger partial charge in [-0.05, 0) is 0 Å². The molecular formula is C13H17N5O6. The third-order valence-electron chi connectivity index (χ3n) is 3.64. The van der Waals surface area contributed by atoms with Crippen LogP contribution >= 0.6 is 0 Å². The number of rotatable bonds is 5. The van der Waals surface area contributed by atoms with Crippen molar-refractivity contribution < 1.29 is 24.8 Å². The molecule has 24 heavy (non-hydrogen) atoms. The van der Waals surface area contributed by atoms with E-state index in [-0.39, 0.29) is 29.7 Å². The Labute approximate surface area is 135 Å². The molecular weight excluding hydrogens is 322 g/mol. The molecule has 11 heteroatoms. The van der Waals surface area contributed by atoms with Crippen LogP contribution in [-0.4, -0.2) is 66.4 Å². The lowest BCUT2D eigenvalue weighted by Gasteiger charge is -2.18. The maximum absolute atomic E-state index is 12.0. The second-order valence-corrected chi connectivity index (χ2v) is 5.22. The maximum atomic E-state index is 12.0. The number of nitrogens with two attached hydrogens (primary N) is 1. The summed E-state index contributed by atoms with van der Waals surface area (Å²) >= 11 is 0. The number of nitrogen functional groups attached to an aromatic ring is 1. The van der Waals surface area contributed by atoms with E-state index in [0.717, 1.165) is 0 Å². The van der Waals surface area contributed by atoms with E-state index in [1.165, 1.54) is 10.6 Å². The highest BCUT2D eigenvalue weighted by atomic mass is 16.6. The average Bonchev–Trinajstić information content (AvgIpc) is 3.04. The second kappa shape index (κ2) is 6.20. The van der Waals surface area contributed by atoms with Crippen LogP contribution in [-0.2, 0) is 4.74 Å². The third-order valence-corrected chi connectivity index (χ3v) is 3.64. The van der Waals surface area contributed by atoms with Gasteiger partial charge in [-0.3, -0.25) is 9.78 Å². The van der Waals surface area contributed by atoms with Crippen molar-refractivity contribution in [2.24, 2.45) is 0 Å². The van der Waals surface area contributed by atoms with Crippen molar-refractivity contribution in [1.29, 1.82) is 0 Å². The first-order chi connectivity index (χ1) is 11.5. The fraction of sp³-hybridized carbons (Fsp3) is 0.462. The van der Waals surface area contributed by atoms with Crippen molar-refractivity contribution >= 4 is 17.1 Å². The molecule has 6 N–H and O–H groups in total. The number of nitrogens with zero attached hydrogens (tertiary/aromatic N) is 3. The van der Waals surface area contributed by atoms with E-state index in [2.05, 4.69) is 21.5 Å². The first-order valence-electron chi connectivity index (χ1n) is 7.11. The van der Waals surface area contributed by atoms with Crippen LogP contribution in [0.5, 0.6) is 6.01 Å². The molecule has 0 saturated carbocycles. The number of aliphatic hydroxyl groups is 3. The fourth-order valence-electron chi connectivity index (χ4n) is 2.54. The van der Waals surface area contributed by atoms with Gasteiger partial charge < -0.3 is 30.5 Å². The minimum absolute atomic E-state index is 0.0187. The number of aromatic amines is 1. The lowest BCUT2D eigenvalue weighted by atomic mass is 10.1. The zero-order valence-corrected chi connectivity index (χ0v) is 12.5. The van der Waals surface area contributed by atoms with Crippen molar-refractivity contribution in [2.75, 3.05) is 18.9 Å². The average molecular weight is 339 g/mol. The largest absolute Gasteiger partial charge is 0.460 e. The predicted molar refractivity (Wildman–Crippen MR) is 81.3 cm³/mol. The van der Waals surface area contributed by atoms with Crippen LogP contribution < -0.4 is 16.0 Å². The Bertz CT molecular complexity index is 817. The Morgan fingerprint density at radius 1 is 1.42 bits per heavy atom. The van der Waals surface area contributed by atoms with Gasteiger partial charge in [0.25, 0.3) is 5.56 Å². The van der Waals surface area contributed by atoms with Crippen LogP contribution in [0.1, 0.15) is 6.23 Å². The van der Waals surface area contributed by atoms with E-state index in [1.807, 2.05) is 0 Å². The van der Waals surface area contributed by atoms with Gasteiger partial charge in [0.15, 0.2) is 17.4 Å². The number of nitrogens with one attached hydrogen (secondary N) is 1. The zero-order chi connectivity index (χ0) is 17.4. The summed E-state index contributed by atoms with van der Waals surface area (Å²) < 4.78 is 12.1. The number of H-pyrrole nitrogens is 1. The summed E-state index contributed by atoms with van der Waals surface area (Å²) in [6.45, 7) is 3.10. The van der Waals surface area contributed by atoms with Crippen molar-refractivity contribution in [3.05, 3.63) is 23.0 Å². The van der Waals surface area contributed by atoms with Crippen LogP contribution in [0.2, 0.25) is 0 Å². The van der Waals surface area contributed by atoms with Gasteiger partial charge in [0, 0.05) is 0 Å². The standard InChI is InChI=1S/C13H17N5O6/c1-2-3-23-13-15-6-9(16-12(14)17-10(6)22)18(13)11-8(21)7(20)5(4-19)24-11/h2,5,7-8,11,19-21H,1,3-4H2,(H3,14,16,17,22)/t5-,7+,8-,11-/m1/s1. The summed E-state index contributed by atoms with van der Waals surface area (Å²) in [5, 5.41) is 29.4. The van der Waals surface area contributed by atoms with E-state index >= 15 is 0 Å². The normalized spacial score (nSPS) is 26.8. The molecule has 2 aromatic heterocycles. The van der Waals surface area contributed by atoms with Crippen LogP contribution in [0.15, 0.2) is 17.4 Å². The van der Waals surface area contributed by atoms with Crippen molar-refractivity contribution in [1.82, 2.24) is 19.5 Å². The first-order valence-corrected chi connectivity index (χ1v) is 7.11. The Morgan fingerprint density at radius 2 is 2.17 bits per heavy atom. The first kappa shape index (κ1) is 16.4. The minimum Gasteiger partial charge on any atom is -0.460 e. The molecule has 4 atom stereocenters. The molecule has 1 fully saturated rings. The van der Waals surface area contributed by atoms with E-state index in [1.54, 1.807) is 0 Å². The van der Waals surface area contributed by atoms with E-state index in [9.17, 15) is 20.1 Å². The Hall–Kier alpha value is -2.47. The molecule has 0 aliphatic carbocycles. The lowest BCUT2D eigenvalue weighted by molar-refractivity contribution is -0.0540. The minimum atomic E-state index is -1.40. The Morgan fingerprint density at radius 3 is 2.79 bits per heavy atom. The second-order valence-electron chi connectivity index (χ2n) is 5.22. The number of hydrogen-bond acceptors (Lipinski definition) is 9. The summed E-state index contributed by atoms with van der Waals surface area (Å²) in [5.74, 6) is -0.157. The molecule has 3 rings (SSSR count). The van der Waals surface area contributed by atoms with Gasteiger partial charge in [0.2, 0.25) is 5.95 Å². The molecule has 11 nitrogen and oxygen atoms in total. The lowest BCUT2D eigenvalue weighted by Crippen LogP contribution is -2.33. The summed E-state index contributed by atoms with van der Waals surface area (Å²) in [7, 11) is 0. The number of aliphatic hydroxyl groups excluding tert-OH is 3. The number of anilines is 1. The maximum Gasteiger partial charge on any atom is 0.301 e. The molecule has 130 valence electrons. The number of imidazole rings is 1. The number of ether oxygens (including phenoxy) is 2. The molecule has 2 aromatic rings. The molecule has 0 amide bonds. The molecule has 1 aliphatic rings. The molecule has 0 spiro atoms. The molecule has 0 bridgehead atoms. The highest BCUT2D eigenvalue weighted by Gasteiger charge is 2.45. The number of hydrogen-bond donors (Lipinski definition) is 5. The molecule has 0 radical (unpaired) electrons. The summed E-state index contributed by atoms with van der Waals surface area (Å²) in [4.78, 5) is 22.4. The predicted octanol–water partition coefficient (Wildman–Crippen LogP) is -2.12. The van der Waals surface area contributed by atoms with Crippen LogP contribution in [0.3, 0.4) is 0 Å². The summed E-state index contributed by atoms with van der Waals surface area (Å²) in [6.07, 6.45) is -3.44. The van der Waals surface area contributed by atoms with Gasteiger partial charge in [0.05, 0.1) is 6.61 Å². The topological polar surface area (TPSA) is 169 Å². The van der Waals surface area contributed by atoms with Crippen molar-refractivity contribution in [3.8, 4) is 6.01 Å². The fourth-order valence-corrected chi connectivity index (χ4v) is 2.54. The van der Waals surface area contributed by atoms with Crippen molar-refractivity contribution in [3.63, 3.8) is 0 Å². The van der Waals surface area contributed by atoms with Gasteiger partial charge in [-0.1, -0.05) is 12.7 Å². The zero-order valence-electron chi connectivity index (χ0n) is 12.5. The highest BCUT2D eigenvalue weighted by molar-refractivity contribution is 5.72. The van der Waals surface area contributed by atoms with Crippen LogP contribution in [0.4, 0.5) is 5.95 Å². The Kier molecular flexibility index (Phi) is 4.24. The van der Waals surface area contributed by atoms with Gasteiger partial charge in [-0.2, -0.15) is 9.97 Å². The van der Waals surface area contributed by atoms with E-state index < -0.39 is 36.7 Å². The quantitative estimate of drug-likeness (QED) is 0.382. The third kappa shape index (κ3) is 2.53. The monoisotopic (exact) mass is 339 g/mol. The van der Waals surface area contributed by atoms with E-state index in [0.29, 0.717) is 0 Å². The Balaban J connectivity index is 2.17. The molecule has 0 aromatic carbocycles. The SMILES string of the molecule is C=CCOc1nc2c(=O)[nH]c(N)nc2n1[C@@H]1O[C@H](CO)[C@H](O)[C@H]1O. The van der Waals surface area contributed by atoms with Gasteiger partial charge in [-0.15, -0.1) is 0 Å². The van der Waals surface area contributed by atoms with Crippen LogP contribution in [0.25, 0.3) is 11.2 Å². The molecule has 3 heterocycles. The summed E-state index contributed by atoms with van der Waals surface area (Å²) in [5.41, 5.74) is 4.92. The molecule has 1 aliphatic heterocycles. The van der Waals surface area contributed by atoms with E-state index in [4.69, 9.17) is 15.2 Å². The van der Waals surface area contributed by atoms with Gasteiger partial charge in [-0.25, -0.2) is 4.57 Å². The van der Waals surface area contributed by atoms with Crippen LogP contribution in [0, 0.1) is 0 Å². The van der Waals surface area contributed by atoms with Crippen molar-refractivity contribution in [2.45, 2.75) is 24.5 Å². The number of fused-ring (bicyclic) bond motifs is 1. The molecule has 0 unspecified atom stereocenters.